The van der Waals surface area contributed by atoms with Crippen molar-refractivity contribution >= 4 is 11.7 Å². The van der Waals surface area contributed by atoms with Crippen LogP contribution in [-0.4, -0.2) is 29.7 Å². The highest BCUT2D eigenvalue weighted by Crippen LogP contribution is 2.60. The maximum absolute atomic E-state index is 12.9. The molecule has 1 saturated heterocycles. The van der Waals surface area contributed by atoms with Gasteiger partial charge in [0.15, 0.2) is 5.78 Å². The number of fused-ring (bicyclic) bond motifs is 2. The van der Waals surface area contributed by atoms with Crippen molar-refractivity contribution in [2.24, 2.45) is 22.7 Å². The van der Waals surface area contributed by atoms with E-state index in [4.69, 9.17) is 0 Å². The number of rotatable bonds is 1. The normalized spacial score (nSPS) is 37.9. The Bertz CT molecular complexity index is 420. The fourth-order valence-electron chi connectivity index (χ4n) is 4.48. The van der Waals surface area contributed by atoms with Gasteiger partial charge < -0.3 is 4.90 Å². The van der Waals surface area contributed by atoms with Crippen LogP contribution in [-0.2, 0) is 9.59 Å². The molecule has 19 heavy (non-hydrogen) atoms. The molecule has 2 bridgehead atoms. The van der Waals surface area contributed by atoms with Gasteiger partial charge in [0.05, 0.1) is 0 Å². The van der Waals surface area contributed by atoms with Crippen LogP contribution in [0.5, 0.6) is 0 Å². The fourth-order valence-corrected chi connectivity index (χ4v) is 4.48. The van der Waals surface area contributed by atoms with Gasteiger partial charge in [0.25, 0.3) is 0 Å². The van der Waals surface area contributed by atoms with E-state index < -0.39 is 5.41 Å². The summed E-state index contributed by atoms with van der Waals surface area (Å²) in [7, 11) is 0. The number of Topliss-reactive ketones (excluding diaryl/α,β-unsaturated/α-hetero) is 1. The van der Waals surface area contributed by atoms with Gasteiger partial charge in [0.2, 0.25) is 5.91 Å². The highest BCUT2D eigenvalue weighted by Gasteiger charge is 2.65. The summed E-state index contributed by atoms with van der Waals surface area (Å²) >= 11 is 0. The van der Waals surface area contributed by atoms with Crippen LogP contribution in [0.25, 0.3) is 0 Å². The first-order valence-corrected chi connectivity index (χ1v) is 7.72. The van der Waals surface area contributed by atoms with Gasteiger partial charge in [-0.05, 0) is 43.9 Å². The molecule has 1 aliphatic heterocycles. The van der Waals surface area contributed by atoms with Gasteiger partial charge in [-0.15, -0.1) is 0 Å². The van der Waals surface area contributed by atoms with Gasteiger partial charge in [-0.1, -0.05) is 20.8 Å². The van der Waals surface area contributed by atoms with Crippen molar-refractivity contribution < 1.29 is 9.59 Å². The molecule has 2 saturated carbocycles. The van der Waals surface area contributed by atoms with Gasteiger partial charge in [0, 0.05) is 18.5 Å². The van der Waals surface area contributed by atoms with E-state index in [1.165, 1.54) is 0 Å². The Morgan fingerprint density at radius 2 is 1.84 bits per heavy atom. The van der Waals surface area contributed by atoms with Crippen molar-refractivity contribution in [3.05, 3.63) is 0 Å². The molecular formula is C16H25NO2. The molecule has 1 amide bonds. The predicted molar refractivity (Wildman–Crippen MR) is 73.5 cm³/mol. The summed E-state index contributed by atoms with van der Waals surface area (Å²) in [6, 6.07) is 0. The van der Waals surface area contributed by atoms with Crippen LogP contribution in [0.4, 0.5) is 0 Å². The van der Waals surface area contributed by atoms with Crippen molar-refractivity contribution in [1.29, 1.82) is 0 Å². The molecule has 3 nitrogen and oxygen atoms in total. The minimum Gasteiger partial charge on any atom is -0.342 e. The van der Waals surface area contributed by atoms with Gasteiger partial charge in [-0.3, -0.25) is 9.59 Å². The minimum absolute atomic E-state index is 0.150. The summed E-state index contributed by atoms with van der Waals surface area (Å²) in [4.78, 5) is 27.6. The number of carbonyl (C=O) groups excluding carboxylic acids is 2. The Morgan fingerprint density at radius 3 is 2.37 bits per heavy atom. The molecule has 3 heteroatoms. The largest absolute Gasteiger partial charge is 0.342 e. The van der Waals surface area contributed by atoms with Gasteiger partial charge in [0.1, 0.15) is 5.41 Å². The summed E-state index contributed by atoms with van der Waals surface area (Å²) in [6.45, 7) is 8.01. The Morgan fingerprint density at radius 1 is 1.21 bits per heavy atom. The molecule has 3 rings (SSSR count). The van der Waals surface area contributed by atoms with Crippen molar-refractivity contribution in [3.8, 4) is 0 Å². The van der Waals surface area contributed by atoms with Gasteiger partial charge in [-0.2, -0.15) is 0 Å². The van der Waals surface area contributed by atoms with Crippen molar-refractivity contribution in [2.75, 3.05) is 13.1 Å². The maximum atomic E-state index is 12.9. The molecule has 1 heterocycles. The molecule has 0 unspecified atom stereocenters. The van der Waals surface area contributed by atoms with E-state index in [9.17, 15) is 9.59 Å². The number of ketones is 1. The zero-order valence-corrected chi connectivity index (χ0v) is 12.4. The number of likely N-dealkylation sites (tertiary alicyclic amines) is 1. The van der Waals surface area contributed by atoms with Gasteiger partial charge in [-0.25, -0.2) is 0 Å². The molecule has 3 fully saturated rings. The maximum Gasteiger partial charge on any atom is 0.236 e. The molecule has 0 aromatic carbocycles. The monoisotopic (exact) mass is 263 g/mol. The SMILES string of the molecule is CC1CCN(C(=O)[C@@]23CC[C@H](C2)C(C)(C)C3=O)CC1. The first-order chi connectivity index (χ1) is 8.88. The smallest absolute Gasteiger partial charge is 0.236 e. The standard InChI is InChI=1S/C16H25NO2/c1-11-5-8-17(9-6-11)14(19)16-7-4-12(10-16)15(2,3)13(16)18/h11-12H,4-10H2,1-3H3/t12-,16+/m1/s1. The molecule has 2 atom stereocenters. The van der Waals surface area contributed by atoms with Crippen LogP contribution >= 0.6 is 0 Å². The molecule has 106 valence electrons. The molecule has 0 aromatic rings. The van der Waals surface area contributed by atoms with E-state index >= 15 is 0 Å². The number of nitrogens with zero attached hydrogens (tertiary/aromatic N) is 1. The third-order valence-electron chi connectivity index (χ3n) is 6.04. The van der Waals surface area contributed by atoms with Crippen LogP contribution < -0.4 is 0 Å². The number of hydrogen-bond donors (Lipinski definition) is 0. The molecule has 0 aromatic heterocycles. The van der Waals surface area contributed by atoms with E-state index in [2.05, 4.69) is 6.92 Å². The second-order valence-electron chi connectivity index (χ2n) is 7.55. The summed E-state index contributed by atoms with van der Waals surface area (Å²) in [5.74, 6) is 1.51. The highest BCUT2D eigenvalue weighted by atomic mass is 16.2. The number of carbonyl (C=O) groups is 2. The lowest BCUT2D eigenvalue weighted by atomic mass is 9.70. The van der Waals surface area contributed by atoms with Crippen LogP contribution in [0, 0.1) is 22.7 Å². The van der Waals surface area contributed by atoms with Crippen LogP contribution in [0.15, 0.2) is 0 Å². The molecule has 0 N–H and O–H groups in total. The van der Waals surface area contributed by atoms with E-state index in [0.29, 0.717) is 11.8 Å². The molecule has 2 aliphatic carbocycles. The highest BCUT2D eigenvalue weighted by molar-refractivity contribution is 6.10. The Kier molecular flexibility index (Phi) is 2.81. The van der Waals surface area contributed by atoms with Crippen molar-refractivity contribution in [2.45, 2.75) is 52.9 Å². The molecule has 0 spiro atoms. The Balaban J connectivity index is 1.82. The van der Waals surface area contributed by atoms with E-state index in [1.54, 1.807) is 0 Å². The second-order valence-corrected chi connectivity index (χ2v) is 7.55. The first kappa shape index (κ1) is 13.1. The predicted octanol–water partition coefficient (Wildman–Crippen LogP) is 2.64. The quantitative estimate of drug-likeness (QED) is 0.682. The summed E-state index contributed by atoms with van der Waals surface area (Å²) in [5, 5.41) is 0. The lowest BCUT2D eigenvalue weighted by Crippen LogP contribution is -2.51. The minimum atomic E-state index is -0.644. The van der Waals surface area contributed by atoms with E-state index in [1.807, 2.05) is 18.7 Å². The van der Waals surface area contributed by atoms with Crippen molar-refractivity contribution in [1.82, 2.24) is 4.90 Å². The topological polar surface area (TPSA) is 37.4 Å². The van der Waals surface area contributed by atoms with Gasteiger partial charge >= 0.3 is 0 Å². The molecule has 3 aliphatic rings. The van der Waals surface area contributed by atoms with Crippen LogP contribution in [0.1, 0.15) is 52.9 Å². The lowest BCUT2D eigenvalue weighted by Gasteiger charge is -2.38. The molecular weight excluding hydrogens is 238 g/mol. The Hall–Kier alpha value is -0.860. The second kappa shape index (κ2) is 4.07. The number of amides is 1. The fraction of sp³-hybridized carbons (Fsp3) is 0.875. The summed E-state index contributed by atoms with van der Waals surface area (Å²) in [6.07, 6.45) is 4.83. The van der Waals surface area contributed by atoms with E-state index in [-0.39, 0.29) is 17.1 Å². The first-order valence-electron chi connectivity index (χ1n) is 7.72. The molecule has 0 radical (unpaired) electrons. The lowest BCUT2D eigenvalue weighted by molar-refractivity contribution is -0.152. The number of piperidine rings is 1. The third-order valence-corrected chi connectivity index (χ3v) is 6.04. The zero-order valence-electron chi connectivity index (χ0n) is 12.4. The van der Waals surface area contributed by atoms with E-state index in [0.717, 1.165) is 45.2 Å². The van der Waals surface area contributed by atoms with Crippen LogP contribution in [0.3, 0.4) is 0 Å². The third kappa shape index (κ3) is 1.70. The average molecular weight is 263 g/mol. The number of hydrogen-bond acceptors (Lipinski definition) is 2. The summed E-state index contributed by atoms with van der Waals surface area (Å²) < 4.78 is 0. The summed E-state index contributed by atoms with van der Waals surface area (Å²) in [5.41, 5.74) is -0.925. The Labute approximate surface area is 115 Å². The average Bonchev–Trinajstić information content (AvgIpc) is 2.90. The zero-order chi connectivity index (χ0) is 13.8. The van der Waals surface area contributed by atoms with Crippen molar-refractivity contribution in [3.63, 3.8) is 0 Å². The van der Waals surface area contributed by atoms with Crippen LogP contribution in [0.2, 0.25) is 0 Å².